The molecule has 0 unspecified atom stereocenters. The predicted molar refractivity (Wildman–Crippen MR) is 105 cm³/mol. The zero-order chi connectivity index (χ0) is 20.5. The first-order valence-electron chi connectivity index (χ1n) is 9.62. The molecule has 2 fully saturated rings. The fraction of sp³-hybridized carbons (Fsp3) is 0.429. The molecular formula is C21H23F2NO4S. The molecule has 2 aliphatic rings. The summed E-state index contributed by atoms with van der Waals surface area (Å²) in [5, 5.41) is 3.49. The molecular weight excluding hydrogens is 400 g/mol. The van der Waals surface area contributed by atoms with Crippen LogP contribution in [0.1, 0.15) is 24.8 Å². The van der Waals surface area contributed by atoms with Crippen LogP contribution < -0.4 is 10.1 Å². The molecule has 156 valence electrons. The Morgan fingerprint density at radius 1 is 1.10 bits per heavy atom. The van der Waals surface area contributed by atoms with Crippen molar-refractivity contribution < 1.29 is 26.7 Å². The number of halogens is 2. The molecule has 29 heavy (non-hydrogen) atoms. The number of hydrogen-bond donors (Lipinski definition) is 1. The van der Waals surface area contributed by atoms with Crippen LogP contribution in [0.4, 0.5) is 8.78 Å². The Balaban J connectivity index is 1.32. The lowest BCUT2D eigenvalue weighted by Gasteiger charge is -2.37. The summed E-state index contributed by atoms with van der Waals surface area (Å²) in [5.41, 5.74) is 0.495. The first-order chi connectivity index (χ1) is 13.8. The van der Waals surface area contributed by atoms with Crippen molar-refractivity contribution in [2.24, 2.45) is 0 Å². The van der Waals surface area contributed by atoms with Gasteiger partial charge in [0.05, 0.1) is 17.1 Å². The summed E-state index contributed by atoms with van der Waals surface area (Å²) in [4.78, 5) is 0. The Hall–Kier alpha value is -2.03. The van der Waals surface area contributed by atoms with E-state index in [1.165, 1.54) is 0 Å². The molecule has 0 bridgehead atoms. The topological polar surface area (TPSA) is 64.6 Å². The standard InChI is InChI=1S/C21H23F2NO4S/c22-16-9-17(23)11-20(10-16)28-19-3-1-15(2-4-19)13-24-18-5-7-27-21(12-18)6-8-29(25,26)14-21/h1-4,9-11,18,24H,5-8,12-14H2/t18-,21-/m1/s1. The van der Waals surface area contributed by atoms with Gasteiger partial charge in [0, 0.05) is 37.4 Å². The summed E-state index contributed by atoms with van der Waals surface area (Å²) in [6.07, 6.45) is 2.10. The van der Waals surface area contributed by atoms with Gasteiger partial charge in [0.1, 0.15) is 23.1 Å². The van der Waals surface area contributed by atoms with Crippen LogP contribution in [-0.4, -0.2) is 38.2 Å². The lowest BCUT2D eigenvalue weighted by atomic mass is 9.90. The summed E-state index contributed by atoms with van der Waals surface area (Å²) in [6, 6.07) is 10.5. The van der Waals surface area contributed by atoms with E-state index in [9.17, 15) is 17.2 Å². The van der Waals surface area contributed by atoms with E-state index in [0.717, 1.165) is 30.2 Å². The molecule has 0 radical (unpaired) electrons. The largest absolute Gasteiger partial charge is 0.457 e. The quantitative estimate of drug-likeness (QED) is 0.796. The average Bonchev–Trinajstić information content (AvgIpc) is 2.94. The van der Waals surface area contributed by atoms with E-state index in [-0.39, 0.29) is 23.3 Å². The summed E-state index contributed by atoms with van der Waals surface area (Å²) >= 11 is 0. The molecule has 2 aliphatic heterocycles. The van der Waals surface area contributed by atoms with Crippen LogP contribution in [0, 0.1) is 11.6 Å². The highest BCUT2D eigenvalue weighted by Crippen LogP contribution is 2.35. The average molecular weight is 423 g/mol. The second-order valence-corrected chi connectivity index (χ2v) is 9.98. The van der Waals surface area contributed by atoms with Gasteiger partial charge in [0.25, 0.3) is 0 Å². The zero-order valence-corrected chi connectivity index (χ0v) is 16.7. The number of rotatable bonds is 5. The molecule has 2 aromatic carbocycles. The van der Waals surface area contributed by atoms with Crippen molar-refractivity contribution in [3.8, 4) is 11.5 Å². The number of ether oxygens (including phenoxy) is 2. The van der Waals surface area contributed by atoms with Crippen LogP contribution in [-0.2, 0) is 21.1 Å². The van der Waals surface area contributed by atoms with Crippen molar-refractivity contribution >= 4 is 9.84 Å². The molecule has 0 saturated carbocycles. The summed E-state index contributed by atoms with van der Waals surface area (Å²) < 4.78 is 61.5. The second kappa shape index (κ2) is 8.01. The zero-order valence-electron chi connectivity index (χ0n) is 15.9. The number of nitrogens with one attached hydrogen (secondary N) is 1. The van der Waals surface area contributed by atoms with E-state index in [4.69, 9.17) is 9.47 Å². The van der Waals surface area contributed by atoms with Crippen LogP contribution in [0.5, 0.6) is 11.5 Å². The third kappa shape index (κ3) is 5.12. The number of benzene rings is 2. The van der Waals surface area contributed by atoms with Gasteiger partial charge in [-0.2, -0.15) is 0 Å². The SMILES string of the molecule is O=S1(=O)CC[C@@]2(C[C@H](NCc3ccc(Oc4cc(F)cc(F)c4)cc3)CCO2)C1. The highest BCUT2D eigenvalue weighted by molar-refractivity contribution is 7.91. The van der Waals surface area contributed by atoms with Crippen LogP contribution in [0.2, 0.25) is 0 Å². The summed E-state index contributed by atoms with van der Waals surface area (Å²) in [7, 11) is -2.99. The highest BCUT2D eigenvalue weighted by atomic mass is 32.2. The first kappa shape index (κ1) is 20.3. The molecule has 8 heteroatoms. The van der Waals surface area contributed by atoms with Crippen LogP contribution in [0.15, 0.2) is 42.5 Å². The van der Waals surface area contributed by atoms with Gasteiger partial charge in [-0.05, 0) is 37.0 Å². The van der Waals surface area contributed by atoms with Gasteiger partial charge < -0.3 is 14.8 Å². The van der Waals surface area contributed by atoms with E-state index in [1.54, 1.807) is 12.1 Å². The van der Waals surface area contributed by atoms with E-state index in [0.29, 0.717) is 31.7 Å². The third-order valence-electron chi connectivity index (χ3n) is 5.43. The number of sulfone groups is 1. The Labute approximate surface area is 168 Å². The molecule has 0 aliphatic carbocycles. The monoisotopic (exact) mass is 423 g/mol. The van der Waals surface area contributed by atoms with E-state index < -0.39 is 27.1 Å². The molecule has 2 saturated heterocycles. The maximum absolute atomic E-state index is 13.3. The minimum Gasteiger partial charge on any atom is -0.457 e. The smallest absolute Gasteiger partial charge is 0.153 e. The second-order valence-electron chi connectivity index (χ2n) is 7.80. The van der Waals surface area contributed by atoms with Gasteiger partial charge in [-0.3, -0.25) is 0 Å². The van der Waals surface area contributed by atoms with Gasteiger partial charge in [0.2, 0.25) is 0 Å². The fourth-order valence-corrected chi connectivity index (χ4v) is 6.00. The van der Waals surface area contributed by atoms with Gasteiger partial charge in [0.15, 0.2) is 9.84 Å². The summed E-state index contributed by atoms with van der Waals surface area (Å²) in [6.45, 7) is 1.19. The summed E-state index contributed by atoms with van der Waals surface area (Å²) in [5.74, 6) is -0.469. The molecule has 5 nitrogen and oxygen atoms in total. The van der Waals surface area contributed by atoms with Crippen LogP contribution in [0.25, 0.3) is 0 Å². The lowest BCUT2D eigenvalue weighted by molar-refractivity contribution is -0.0705. The molecule has 2 heterocycles. The normalized spacial score (nSPS) is 25.9. The van der Waals surface area contributed by atoms with Gasteiger partial charge >= 0.3 is 0 Å². The predicted octanol–water partition coefficient (Wildman–Crippen LogP) is 3.58. The molecule has 0 amide bonds. The molecule has 1 N–H and O–H groups in total. The Bertz CT molecular complexity index is 960. The first-order valence-corrected chi connectivity index (χ1v) is 11.4. The highest BCUT2D eigenvalue weighted by Gasteiger charge is 2.46. The molecule has 0 aromatic heterocycles. The Morgan fingerprint density at radius 2 is 1.83 bits per heavy atom. The van der Waals surface area contributed by atoms with Crippen LogP contribution >= 0.6 is 0 Å². The Morgan fingerprint density at radius 3 is 2.48 bits per heavy atom. The molecule has 2 aromatic rings. The Kier molecular flexibility index (Phi) is 5.59. The maximum atomic E-state index is 13.3. The minimum atomic E-state index is -2.99. The minimum absolute atomic E-state index is 0.104. The van der Waals surface area contributed by atoms with Crippen LogP contribution in [0.3, 0.4) is 0 Å². The van der Waals surface area contributed by atoms with Gasteiger partial charge in [-0.1, -0.05) is 12.1 Å². The fourth-order valence-electron chi connectivity index (χ4n) is 4.02. The maximum Gasteiger partial charge on any atom is 0.153 e. The molecule has 1 spiro atoms. The van der Waals surface area contributed by atoms with Crippen molar-refractivity contribution in [3.05, 3.63) is 59.7 Å². The van der Waals surface area contributed by atoms with Gasteiger partial charge in [-0.25, -0.2) is 17.2 Å². The van der Waals surface area contributed by atoms with Crippen molar-refractivity contribution in [1.29, 1.82) is 0 Å². The molecule has 4 rings (SSSR count). The molecule has 2 atom stereocenters. The van der Waals surface area contributed by atoms with Crippen molar-refractivity contribution in [2.45, 2.75) is 37.5 Å². The van der Waals surface area contributed by atoms with E-state index in [1.807, 2.05) is 12.1 Å². The number of hydrogen-bond acceptors (Lipinski definition) is 5. The third-order valence-corrected chi connectivity index (χ3v) is 7.23. The van der Waals surface area contributed by atoms with Crippen molar-refractivity contribution in [2.75, 3.05) is 18.1 Å². The van der Waals surface area contributed by atoms with E-state index >= 15 is 0 Å². The van der Waals surface area contributed by atoms with Gasteiger partial charge in [-0.15, -0.1) is 0 Å². The van der Waals surface area contributed by atoms with Crippen molar-refractivity contribution in [3.63, 3.8) is 0 Å². The lowest BCUT2D eigenvalue weighted by Crippen LogP contribution is -2.47. The van der Waals surface area contributed by atoms with E-state index in [2.05, 4.69) is 5.32 Å². The van der Waals surface area contributed by atoms with Crippen molar-refractivity contribution in [1.82, 2.24) is 5.32 Å².